The number of rotatable bonds is 12. The number of hydrogen-bond donors (Lipinski definition) is 1. The lowest BCUT2D eigenvalue weighted by atomic mass is 10.1. The van der Waals surface area contributed by atoms with Gasteiger partial charge >= 0.3 is 0 Å². The van der Waals surface area contributed by atoms with Crippen LogP contribution in [0.5, 0.6) is 0 Å². The molecular formula is C27H29ClN4O6S. The van der Waals surface area contributed by atoms with E-state index in [1.165, 1.54) is 29.2 Å². The molecule has 0 heterocycles. The number of benzene rings is 3. The second kappa shape index (κ2) is 13.2. The van der Waals surface area contributed by atoms with Gasteiger partial charge in [-0.25, -0.2) is 8.42 Å². The van der Waals surface area contributed by atoms with Crippen LogP contribution >= 0.6 is 11.6 Å². The summed E-state index contributed by atoms with van der Waals surface area (Å²) in [5.41, 5.74) is 0.401. The molecule has 0 saturated heterocycles. The highest BCUT2D eigenvalue weighted by Gasteiger charge is 2.32. The van der Waals surface area contributed by atoms with E-state index in [1.807, 2.05) is 6.92 Å². The Morgan fingerprint density at radius 2 is 1.62 bits per heavy atom. The zero-order valence-corrected chi connectivity index (χ0v) is 23.1. The lowest BCUT2D eigenvalue weighted by Crippen LogP contribution is -2.51. The number of nitro groups is 1. The Morgan fingerprint density at radius 3 is 2.21 bits per heavy atom. The van der Waals surface area contributed by atoms with E-state index >= 15 is 0 Å². The molecule has 2 amide bonds. The van der Waals surface area contributed by atoms with Crippen LogP contribution in [0, 0.1) is 10.1 Å². The lowest BCUT2D eigenvalue weighted by Gasteiger charge is -2.32. The summed E-state index contributed by atoms with van der Waals surface area (Å²) in [6.45, 7) is 3.16. The Balaban J connectivity index is 2.03. The molecule has 0 aliphatic rings. The van der Waals surface area contributed by atoms with Crippen molar-refractivity contribution in [2.75, 3.05) is 17.4 Å². The van der Waals surface area contributed by atoms with Gasteiger partial charge in [0.1, 0.15) is 12.6 Å². The minimum atomic E-state index is -4.27. The molecular weight excluding hydrogens is 544 g/mol. The number of non-ortho nitro benzene ring substituents is 1. The first-order chi connectivity index (χ1) is 18.6. The summed E-state index contributed by atoms with van der Waals surface area (Å²) < 4.78 is 28.3. The third-order valence-electron chi connectivity index (χ3n) is 5.97. The maximum atomic E-state index is 13.8. The number of nitrogens with one attached hydrogen (secondary N) is 1. The molecule has 3 rings (SSSR count). The average Bonchev–Trinajstić information content (AvgIpc) is 2.94. The fourth-order valence-electron chi connectivity index (χ4n) is 3.78. The Hall–Kier alpha value is -3.96. The monoisotopic (exact) mass is 572 g/mol. The van der Waals surface area contributed by atoms with E-state index in [0.29, 0.717) is 23.6 Å². The minimum absolute atomic E-state index is 0.0430. The van der Waals surface area contributed by atoms with Crippen molar-refractivity contribution in [1.29, 1.82) is 0 Å². The highest BCUT2D eigenvalue weighted by molar-refractivity contribution is 7.92. The molecule has 1 atom stereocenters. The molecule has 1 N–H and O–H groups in total. The van der Waals surface area contributed by atoms with Gasteiger partial charge in [0, 0.05) is 30.2 Å². The van der Waals surface area contributed by atoms with Crippen molar-refractivity contribution in [2.24, 2.45) is 0 Å². The normalized spacial score (nSPS) is 11.9. The van der Waals surface area contributed by atoms with Crippen molar-refractivity contribution < 1.29 is 22.9 Å². The number of hydrogen-bond acceptors (Lipinski definition) is 6. The largest absolute Gasteiger partial charge is 0.354 e. The zero-order valence-electron chi connectivity index (χ0n) is 21.5. The van der Waals surface area contributed by atoms with Gasteiger partial charge in [0.05, 0.1) is 15.5 Å². The van der Waals surface area contributed by atoms with Crippen LogP contribution in [0.1, 0.15) is 25.8 Å². The molecule has 0 radical (unpaired) electrons. The van der Waals surface area contributed by atoms with Crippen molar-refractivity contribution >= 4 is 44.8 Å². The van der Waals surface area contributed by atoms with Gasteiger partial charge in [0.15, 0.2) is 0 Å². The van der Waals surface area contributed by atoms with Gasteiger partial charge < -0.3 is 10.2 Å². The van der Waals surface area contributed by atoms with E-state index in [2.05, 4.69) is 5.32 Å². The lowest BCUT2D eigenvalue weighted by molar-refractivity contribution is -0.384. The molecule has 0 aromatic heterocycles. The molecule has 206 valence electrons. The Bertz CT molecular complexity index is 1420. The van der Waals surface area contributed by atoms with Gasteiger partial charge in [-0.2, -0.15) is 0 Å². The molecule has 10 nitrogen and oxygen atoms in total. The Labute approximate surface area is 232 Å². The van der Waals surface area contributed by atoms with Gasteiger partial charge in [-0.05, 0) is 49.2 Å². The van der Waals surface area contributed by atoms with Gasteiger partial charge in [-0.15, -0.1) is 0 Å². The SMILES string of the molecule is CCCNC(=O)[C@@H](C)N(Cc1ccccc1Cl)C(=O)CN(c1ccc([N+](=O)[O-])cc1)S(=O)(=O)c1ccccc1. The van der Waals surface area contributed by atoms with Crippen molar-refractivity contribution in [3.63, 3.8) is 0 Å². The summed E-state index contributed by atoms with van der Waals surface area (Å²) in [6, 6.07) is 18.3. The molecule has 39 heavy (non-hydrogen) atoms. The predicted molar refractivity (Wildman–Crippen MR) is 149 cm³/mol. The maximum absolute atomic E-state index is 13.8. The smallest absolute Gasteiger partial charge is 0.269 e. The van der Waals surface area contributed by atoms with Crippen molar-refractivity contribution in [1.82, 2.24) is 10.2 Å². The van der Waals surface area contributed by atoms with Crippen LogP contribution in [0.3, 0.4) is 0 Å². The standard InChI is InChI=1S/C27H29ClN4O6S/c1-3-17-29-27(34)20(2)30(18-21-9-7-8-12-25(21)28)26(33)19-31(22-13-15-23(16-14-22)32(35)36)39(37,38)24-10-5-4-6-11-24/h4-16,20H,3,17-19H2,1-2H3,(H,29,34)/t20-/m1/s1. The fourth-order valence-corrected chi connectivity index (χ4v) is 5.41. The first kappa shape index (κ1) is 29.6. The highest BCUT2D eigenvalue weighted by atomic mass is 35.5. The summed E-state index contributed by atoms with van der Waals surface area (Å²) in [7, 11) is -4.27. The molecule has 12 heteroatoms. The van der Waals surface area contributed by atoms with Crippen LogP contribution in [0.15, 0.2) is 83.8 Å². The first-order valence-electron chi connectivity index (χ1n) is 12.2. The molecule has 3 aromatic rings. The number of nitro benzene ring substituents is 1. The van der Waals surface area contributed by atoms with Crippen LogP contribution in [0.25, 0.3) is 0 Å². The number of anilines is 1. The quantitative estimate of drug-likeness (QED) is 0.253. The van der Waals surface area contributed by atoms with Crippen LogP contribution in [0.2, 0.25) is 5.02 Å². The van der Waals surface area contributed by atoms with Crippen LogP contribution in [0.4, 0.5) is 11.4 Å². The third kappa shape index (κ3) is 7.33. The van der Waals surface area contributed by atoms with E-state index in [-0.39, 0.29) is 22.8 Å². The number of nitrogens with zero attached hydrogens (tertiary/aromatic N) is 3. The first-order valence-corrected chi connectivity index (χ1v) is 14.0. The summed E-state index contributed by atoms with van der Waals surface area (Å²) in [4.78, 5) is 38.4. The number of carbonyl (C=O) groups excluding carboxylic acids is 2. The van der Waals surface area contributed by atoms with Gasteiger partial charge in [0.2, 0.25) is 11.8 Å². The predicted octanol–water partition coefficient (Wildman–Crippen LogP) is 4.39. The molecule has 3 aromatic carbocycles. The van der Waals surface area contributed by atoms with E-state index < -0.39 is 39.3 Å². The Morgan fingerprint density at radius 1 is 1.00 bits per heavy atom. The highest BCUT2D eigenvalue weighted by Crippen LogP contribution is 2.27. The molecule has 0 spiro atoms. The average molecular weight is 573 g/mol. The molecule has 0 aliphatic heterocycles. The number of sulfonamides is 1. The van der Waals surface area contributed by atoms with E-state index in [9.17, 15) is 28.1 Å². The number of halogens is 1. The minimum Gasteiger partial charge on any atom is -0.354 e. The van der Waals surface area contributed by atoms with Crippen LogP contribution in [-0.4, -0.2) is 49.2 Å². The fraction of sp³-hybridized carbons (Fsp3) is 0.259. The summed E-state index contributed by atoms with van der Waals surface area (Å²) in [6.07, 6.45) is 0.695. The van der Waals surface area contributed by atoms with Crippen molar-refractivity contribution in [3.8, 4) is 0 Å². The topological polar surface area (TPSA) is 130 Å². The third-order valence-corrected chi connectivity index (χ3v) is 8.13. The summed E-state index contributed by atoms with van der Waals surface area (Å²) in [5.74, 6) is -1.06. The van der Waals surface area contributed by atoms with Gasteiger partial charge in [-0.3, -0.25) is 24.0 Å². The van der Waals surface area contributed by atoms with E-state index in [0.717, 1.165) is 16.4 Å². The second-order valence-electron chi connectivity index (χ2n) is 8.68. The molecule has 0 aliphatic carbocycles. The van der Waals surface area contributed by atoms with E-state index in [1.54, 1.807) is 49.4 Å². The molecule has 0 saturated carbocycles. The number of carbonyl (C=O) groups is 2. The van der Waals surface area contributed by atoms with Crippen LogP contribution in [-0.2, 0) is 26.2 Å². The van der Waals surface area contributed by atoms with Gasteiger partial charge in [-0.1, -0.05) is 54.9 Å². The number of amides is 2. The molecule has 0 unspecified atom stereocenters. The second-order valence-corrected chi connectivity index (χ2v) is 10.9. The zero-order chi connectivity index (χ0) is 28.6. The Kier molecular flexibility index (Phi) is 10.0. The summed E-state index contributed by atoms with van der Waals surface area (Å²) >= 11 is 6.34. The molecule has 0 bridgehead atoms. The van der Waals surface area contributed by atoms with Gasteiger partial charge in [0.25, 0.3) is 15.7 Å². The maximum Gasteiger partial charge on any atom is 0.269 e. The van der Waals surface area contributed by atoms with Crippen molar-refractivity contribution in [3.05, 3.63) is 99.6 Å². The van der Waals surface area contributed by atoms with E-state index in [4.69, 9.17) is 11.6 Å². The summed E-state index contributed by atoms with van der Waals surface area (Å²) in [5, 5.41) is 14.3. The van der Waals surface area contributed by atoms with Crippen molar-refractivity contribution in [2.45, 2.75) is 37.8 Å². The van der Waals surface area contributed by atoms with Crippen LogP contribution < -0.4 is 9.62 Å². The molecule has 0 fully saturated rings.